The normalized spacial score (nSPS) is 41.9. The fraction of sp³-hybridized carbons (Fsp3) is 0.829. The van der Waals surface area contributed by atoms with Crippen molar-refractivity contribution in [3.63, 3.8) is 0 Å². The van der Waals surface area contributed by atoms with Crippen LogP contribution in [0.1, 0.15) is 81.6 Å². The average Bonchev–Trinajstić information content (AvgIpc) is 3.03. The zero-order valence-electron chi connectivity index (χ0n) is 31.4. The van der Waals surface area contributed by atoms with E-state index in [2.05, 4.69) is 11.7 Å². The van der Waals surface area contributed by atoms with Crippen LogP contribution in [0, 0.1) is 28.6 Å². The van der Waals surface area contributed by atoms with Crippen LogP contribution in [0.4, 0.5) is 0 Å². The Morgan fingerprint density at radius 2 is 1.76 bits per heavy atom. The van der Waals surface area contributed by atoms with Gasteiger partial charge in [-0.1, -0.05) is 34.3 Å². The zero-order valence-corrected chi connectivity index (χ0v) is 31.4. The highest BCUT2D eigenvalue weighted by Crippen LogP contribution is 2.40. The lowest BCUT2D eigenvalue weighted by Gasteiger charge is -2.48. The fourth-order valence-corrected chi connectivity index (χ4v) is 7.79. The molecule has 0 aromatic rings. The second-order valence-corrected chi connectivity index (χ2v) is 14.9. The fourth-order valence-electron chi connectivity index (χ4n) is 7.79. The number of cyclic esters (lactones) is 1. The first-order valence-corrected chi connectivity index (χ1v) is 17.4. The van der Waals surface area contributed by atoms with Gasteiger partial charge in [0.05, 0.1) is 48.3 Å². The van der Waals surface area contributed by atoms with Crippen molar-refractivity contribution in [1.82, 2.24) is 4.90 Å². The quantitative estimate of drug-likeness (QED) is 0.177. The minimum absolute atomic E-state index is 0.0504. The van der Waals surface area contributed by atoms with E-state index in [1.807, 2.05) is 25.9 Å². The van der Waals surface area contributed by atoms with Gasteiger partial charge in [0.2, 0.25) is 0 Å². The van der Waals surface area contributed by atoms with Crippen molar-refractivity contribution in [3.8, 4) is 0 Å². The molecule has 0 aliphatic carbocycles. The van der Waals surface area contributed by atoms with E-state index in [-0.39, 0.29) is 43.9 Å². The van der Waals surface area contributed by atoms with E-state index in [0.29, 0.717) is 12.0 Å². The zero-order chi connectivity index (χ0) is 37.9. The summed E-state index contributed by atoms with van der Waals surface area (Å²) in [6.07, 6.45) is -5.00. The summed E-state index contributed by atoms with van der Waals surface area (Å²) in [5.41, 5.74) is -2.59. The van der Waals surface area contributed by atoms with Gasteiger partial charge < -0.3 is 38.4 Å². The van der Waals surface area contributed by atoms with Gasteiger partial charge in [-0.05, 0) is 66.6 Å². The highest BCUT2D eigenvalue weighted by molar-refractivity contribution is 6.00. The van der Waals surface area contributed by atoms with E-state index in [4.69, 9.17) is 28.4 Å². The minimum atomic E-state index is -1.85. The Morgan fingerprint density at radius 3 is 2.32 bits per heavy atom. The second-order valence-electron chi connectivity index (χ2n) is 14.9. The predicted octanol–water partition coefficient (Wildman–Crippen LogP) is 3.21. The number of ether oxygens (including phenoxy) is 6. The highest BCUT2D eigenvalue weighted by Gasteiger charge is 2.54. The first-order chi connectivity index (χ1) is 23.1. The minimum Gasteiger partial charge on any atom is -0.459 e. The van der Waals surface area contributed by atoms with Crippen molar-refractivity contribution in [3.05, 3.63) is 17.1 Å². The summed E-state index contributed by atoms with van der Waals surface area (Å²) in [6.45, 7) is 18.6. The van der Waals surface area contributed by atoms with E-state index < -0.39 is 88.3 Å². The van der Waals surface area contributed by atoms with Crippen LogP contribution in [-0.2, 0) is 42.8 Å². The number of nitrogens with zero attached hydrogens (tertiary/aromatic N) is 3. The van der Waals surface area contributed by atoms with Crippen molar-refractivity contribution in [1.29, 1.82) is 0 Å². The maximum absolute atomic E-state index is 14.3. The standard InChI is InChI=1S/C35H58N3O12/c1-13-26-35(10,42)31-21(5)27(36-38(43)44)19(3)15-34(9,46-17-18(2)16-45-31)30(22(6)28(40)23(7)32(41)49-26)50-33-29(48-24(8)39)25(37(11)12)14-20(4)47-33/h19-23,25-26,29-31,33,42H,2,13-17H2,1,3-12H3,(H,43,44)/q+1/t19-,20-,21+,22+,23-,25+,26-,29-,30-,31-,33+,34-,35-/m1/s1. The number of hydrazone groups is 1. The second kappa shape index (κ2) is 16.7. The Hall–Kier alpha value is -2.82. The first kappa shape index (κ1) is 41.6. The van der Waals surface area contributed by atoms with E-state index in [0.717, 1.165) is 0 Å². The molecule has 0 radical (unpaired) electrons. The van der Waals surface area contributed by atoms with Gasteiger partial charge >= 0.3 is 17.0 Å². The lowest BCUT2D eigenvalue weighted by molar-refractivity contribution is -0.796. The third-order valence-electron chi connectivity index (χ3n) is 10.4. The summed E-state index contributed by atoms with van der Waals surface area (Å²) in [6, 6.07) is -0.300. The van der Waals surface area contributed by atoms with Gasteiger partial charge in [0.15, 0.2) is 18.2 Å². The molecule has 3 heterocycles. The molecule has 0 spiro atoms. The monoisotopic (exact) mass is 712 g/mol. The number of fused-ring (bicyclic) bond motifs is 5. The molecule has 0 amide bonds. The molecule has 3 rings (SSSR count). The van der Waals surface area contributed by atoms with Gasteiger partial charge in [-0.3, -0.25) is 14.4 Å². The number of Topliss-reactive ketones (excluding diaryl/α,β-unsaturated/α-hetero) is 1. The lowest BCUT2D eigenvalue weighted by atomic mass is 9.74. The van der Waals surface area contributed by atoms with Crippen LogP contribution in [0.15, 0.2) is 17.3 Å². The van der Waals surface area contributed by atoms with Gasteiger partial charge in [-0.2, -0.15) is 0 Å². The molecule has 0 unspecified atom stereocenters. The van der Waals surface area contributed by atoms with Crippen molar-refractivity contribution < 1.29 is 58.2 Å². The van der Waals surface area contributed by atoms with Crippen molar-refractivity contribution in [2.75, 3.05) is 27.3 Å². The Balaban J connectivity index is 2.32. The number of aliphatic hydroxyl groups is 1. The molecule has 0 aromatic heterocycles. The molecule has 50 heavy (non-hydrogen) atoms. The van der Waals surface area contributed by atoms with Crippen LogP contribution in [0.3, 0.4) is 0 Å². The Bertz CT molecular complexity index is 1300. The molecule has 2 N–H and O–H groups in total. The SMILES string of the molecule is C=C1CO[C@@H]2[C@@H](C)C(=N[N+](=O)O)[C@H](C)C[C@@](C)(OC1)[C@H](O[C@@H]1O[C@H](C)C[C@H](N(C)C)[C@H]1OC(C)=O)[C@@H](C)C(=O)[C@@H](C)C(=O)O[C@H](CC)[C@@]2(C)O. The molecule has 13 atom stereocenters. The van der Waals surface area contributed by atoms with Crippen LogP contribution in [-0.4, -0.2) is 125 Å². The summed E-state index contributed by atoms with van der Waals surface area (Å²) in [4.78, 5) is 54.3. The number of hydrogen-bond acceptors (Lipinski definition) is 12. The topological polar surface area (TPSA) is 183 Å². The number of hydrogen-bond donors (Lipinski definition) is 2. The summed E-state index contributed by atoms with van der Waals surface area (Å²) in [5, 5.41) is 25.3. The molecule has 284 valence electrons. The van der Waals surface area contributed by atoms with Crippen LogP contribution < -0.4 is 0 Å². The molecule has 15 heteroatoms. The van der Waals surface area contributed by atoms with Crippen molar-refractivity contribution in [2.45, 2.75) is 136 Å². The largest absolute Gasteiger partial charge is 0.459 e. The molecule has 3 fully saturated rings. The van der Waals surface area contributed by atoms with Crippen molar-refractivity contribution >= 4 is 23.4 Å². The third-order valence-corrected chi connectivity index (χ3v) is 10.4. The van der Waals surface area contributed by atoms with Crippen LogP contribution in [0.5, 0.6) is 0 Å². The maximum Gasteiger partial charge on any atom is 0.387 e. The van der Waals surface area contributed by atoms with E-state index in [9.17, 15) is 29.6 Å². The van der Waals surface area contributed by atoms with Crippen LogP contribution in [0.25, 0.3) is 0 Å². The number of likely N-dealkylation sites (N-methyl/N-ethyl adjacent to an activating group) is 1. The van der Waals surface area contributed by atoms with E-state index in [1.54, 1.807) is 34.6 Å². The smallest absolute Gasteiger partial charge is 0.387 e. The number of ketones is 1. The molecule has 3 aliphatic rings. The van der Waals surface area contributed by atoms with E-state index in [1.165, 1.54) is 20.8 Å². The number of carbonyl (C=O) groups is 3. The molecule has 15 nitrogen and oxygen atoms in total. The third kappa shape index (κ3) is 9.34. The molecule has 0 aromatic carbocycles. The van der Waals surface area contributed by atoms with Gasteiger partial charge in [-0.25, -0.2) is 5.21 Å². The summed E-state index contributed by atoms with van der Waals surface area (Å²) >= 11 is 0. The van der Waals surface area contributed by atoms with Gasteiger partial charge in [-0.15, -0.1) is 0 Å². The number of esters is 2. The summed E-state index contributed by atoms with van der Waals surface area (Å²) in [7, 11) is 3.72. The highest BCUT2D eigenvalue weighted by atomic mass is 16.7. The Kier molecular flexibility index (Phi) is 13.9. The first-order valence-electron chi connectivity index (χ1n) is 17.4. The molecule has 3 saturated heterocycles. The molecule has 3 aliphatic heterocycles. The van der Waals surface area contributed by atoms with Gasteiger partial charge in [0.25, 0.3) is 0 Å². The molecular weight excluding hydrogens is 654 g/mol. The maximum atomic E-state index is 14.3. The van der Waals surface area contributed by atoms with E-state index >= 15 is 0 Å². The molecular formula is C35H58N3O12+. The lowest BCUT2D eigenvalue weighted by Crippen LogP contribution is -2.60. The number of rotatable bonds is 6. The molecule has 2 bridgehead atoms. The van der Waals surface area contributed by atoms with Gasteiger partial charge in [0.1, 0.15) is 28.2 Å². The Labute approximate surface area is 295 Å². The molecule has 0 saturated carbocycles. The summed E-state index contributed by atoms with van der Waals surface area (Å²) in [5.74, 6) is -5.68. The predicted molar refractivity (Wildman–Crippen MR) is 180 cm³/mol. The van der Waals surface area contributed by atoms with Crippen LogP contribution in [0.2, 0.25) is 0 Å². The summed E-state index contributed by atoms with van der Waals surface area (Å²) < 4.78 is 37.6. The Morgan fingerprint density at radius 1 is 1.12 bits per heavy atom. The number of carbonyl (C=O) groups excluding carboxylic acids is 3. The average molecular weight is 713 g/mol. The van der Waals surface area contributed by atoms with Crippen LogP contribution >= 0.6 is 0 Å². The van der Waals surface area contributed by atoms with Gasteiger partial charge in [0, 0.05) is 24.7 Å². The van der Waals surface area contributed by atoms with Crippen molar-refractivity contribution in [2.24, 2.45) is 28.8 Å².